The summed E-state index contributed by atoms with van der Waals surface area (Å²) in [7, 11) is 1.57. The van der Waals surface area contributed by atoms with Gasteiger partial charge in [0.2, 0.25) is 0 Å². The summed E-state index contributed by atoms with van der Waals surface area (Å²) in [6, 6.07) is 20.9. The lowest BCUT2D eigenvalue weighted by Crippen LogP contribution is -2.20. The third-order valence-corrected chi connectivity index (χ3v) is 4.61. The van der Waals surface area contributed by atoms with Crippen molar-refractivity contribution in [2.24, 2.45) is 0 Å². The maximum atomic E-state index is 12.1. The van der Waals surface area contributed by atoms with Crippen LogP contribution in [0.5, 0.6) is 11.5 Å². The average Bonchev–Trinajstić information content (AvgIpc) is 2.73. The van der Waals surface area contributed by atoms with E-state index in [0.717, 1.165) is 11.3 Å². The van der Waals surface area contributed by atoms with Crippen molar-refractivity contribution in [2.45, 2.75) is 13.5 Å². The van der Waals surface area contributed by atoms with Crippen molar-refractivity contribution in [3.8, 4) is 11.5 Å². The number of amides is 1. The minimum absolute atomic E-state index is 0.150. The first-order valence-corrected chi connectivity index (χ1v) is 9.57. The maximum absolute atomic E-state index is 12.1. The first-order chi connectivity index (χ1) is 14.0. The Morgan fingerprint density at radius 2 is 1.76 bits per heavy atom. The molecule has 0 aliphatic heterocycles. The van der Waals surface area contributed by atoms with E-state index in [1.54, 1.807) is 37.4 Å². The van der Waals surface area contributed by atoms with Gasteiger partial charge in [0.1, 0.15) is 0 Å². The van der Waals surface area contributed by atoms with Crippen LogP contribution < -0.4 is 20.1 Å². The van der Waals surface area contributed by atoms with E-state index in [1.165, 1.54) is 5.56 Å². The third kappa shape index (κ3) is 5.90. The second kappa shape index (κ2) is 9.85. The number of ether oxygens (including phenoxy) is 2. The highest BCUT2D eigenvalue weighted by Gasteiger charge is 2.10. The van der Waals surface area contributed by atoms with Crippen molar-refractivity contribution in [1.29, 1.82) is 0 Å². The quantitative estimate of drug-likeness (QED) is 0.530. The van der Waals surface area contributed by atoms with Crippen LogP contribution in [0.15, 0.2) is 66.7 Å². The second-order valence-electron chi connectivity index (χ2n) is 6.52. The van der Waals surface area contributed by atoms with Gasteiger partial charge in [0.25, 0.3) is 5.91 Å². The van der Waals surface area contributed by atoms with E-state index in [2.05, 4.69) is 29.7 Å². The molecule has 6 heteroatoms. The number of halogens is 1. The van der Waals surface area contributed by atoms with Gasteiger partial charge in [0.05, 0.1) is 17.8 Å². The molecule has 0 fully saturated rings. The van der Waals surface area contributed by atoms with Crippen molar-refractivity contribution < 1.29 is 14.3 Å². The van der Waals surface area contributed by atoms with Crippen molar-refractivity contribution >= 4 is 28.9 Å². The number of hydrogen-bond acceptors (Lipinski definition) is 4. The van der Waals surface area contributed by atoms with Gasteiger partial charge in [0.15, 0.2) is 18.1 Å². The minimum Gasteiger partial charge on any atom is -0.493 e. The molecule has 0 bridgehead atoms. The highest BCUT2D eigenvalue weighted by Crippen LogP contribution is 2.28. The van der Waals surface area contributed by atoms with Crippen LogP contribution >= 0.6 is 11.6 Å². The standard InChI is InChI=1S/C23H23ClN2O3/c1-16-7-10-18(11-8-16)25-14-17-9-12-21(22(13-17)28-2)29-15-23(27)26-20-6-4-3-5-19(20)24/h3-13,25H,14-15H2,1-2H3,(H,26,27). The molecule has 29 heavy (non-hydrogen) atoms. The largest absolute Gasteiger partial charge is 0.493 e. The summed E-state index contributed by atoms with van der Waals surface area (Å²) in [5, 5.41) is 6.57. The molecule has 2 N–H and O–H groups in total. The van der Waals surface area contributed by atoms with E-state index in [0.29, 0.717) is 28.8 Å². The summed E-state index contributed by atoms with van der Waals surface area (Å²) in [5.74, 6) is 0.768. The number of carbonyl (C=O) groups is 1. The molecule has 3 aromatic carbocycles. The molecule has 0 radical (unpaired) electrons. The Morgan fingerprint density at radius 1 is 1.00 bits per heavy atom. The monoisotopic (exact) mass is 410 g/mol. The molecule has 3 aromatic rings. The van der Waals surface area contributed by atoms with Crippen LogP contribution in [0.4, 0.5) is 11.4 Å². The van der Waals surface area contributed by atoms with Crippen LogP contribution in [0.25, 0.3) is 0 Å². The lowest BCUT2D eigenvalue weighted by Gasteiger charge is -2.13. The smallest absolute Gasteiger partial charge is 0.262 e. The first-order valence-electron chi connectivity index (χ1n) is 9.20. The molecule has 1 amide bonds. The predicted octanol–water partition coefficient (Wildman–Crippen LogP) is 5.29. The fraction of sp³-hybridized carbons (Fsp3) is 0.174. The molecule has 3 rings (SSSR count). The van der Waals surface area contributed by atoms with E-state index >= 15 is 0 Å². The van der Waals surface area contributed by atoms with Gasteiger partial charge in [-0.05, 0) is 48.9 Å². The number of benzene rings is 3. The zero-order chi connectivity index (χ0) is 20.6. The van der Waals surface area contributed by atoms with Crippen LogP contribution in [-0.4, -0.2) is 19.6 Å². The van der Waals surface area contributed by atoms with Gasteiger partial charge in [-0.1, -0.05) is 47.5 Å². The number of aryl methyl sites for hydroxylation is 1. The number of para-hydroxylation sites is 1. The predicted molar refractivity (Wildman–Crippen MR) is 117 cm³/mol. The summed E-state index contributed by atoms with van der Waals surface area (Å²) in [6.07, 6.45) is 0. The number of nitrogens with one attached hydrogen (secondary N) is 2. The van der Waals surface area contributed by atoms with Gasteiger partial charge in [-0.25, -0.2) is 0 Å². The molecule has 0 aliphatic carbocycles. The average molecular weight is 411 g/mol. The first kappa shape index (κ1) is 20.6. The van der Waals surface area contributed by atoms with Gasteiger partial charge in [0, 0.05) is 12.2 Å². The SMILES string of the molecule is COc1cc(CNc2ccc(C)cc2)ccc1OCC(=O)Nc1ccccc1Cl. The molecule has 0 aromatic heterocycles. The van der Waals surface area contributed by atoms with Crippen molar-refractivity contribution in [2.75, 3.05) is 24.4 Å². The summed E-state index contributed by atoms with van der Waals surface area (Å²) < 4.78 is 11.1. The van der Waals surface area contributed by atoms with Crippen LogP contribution in [0, 0.1) is 6.92 Å². The van der Waals surface area contributed by atoms with Crippen molar-refractivity contribution in [3.05, 3.63) is 82.9 Å². The Labute approximate surface area is 175 Å². The van der Waals surface area contributed by atoms with E-state index in [4.69, 9.17) is 21.1 Å². The molecule has 0 spiro atoms. The van der Waals surface area contributed by atoms with Crippen LogP contribution in [0.1, 0.15) is 11.1 Å². The zero-order valence-corrected chi connectivity index (χ0v) is 17.1. The minimum atomic E-state index is -0.301. The van der Waals surface area contributed by atoms with Gasteiger partial charge >= 0.3 is 0 Å². The van der Waals surface area contributed by atoms with Gasteiger partial charge in [-0.3, -0.25) is 4.79 Å². The summed E-state index contributed by atoms with van der Waals surface area (Å²) in [6.45, 7) is 2.55. The number of methoxy groups -OCH3 is 1. The maximum Gasteiger partial charge on any atom is 0.262 e. The molecule has 0 saturated heterocycles. The lowest BCUT2D eigenvalue weighted by atomic mass is 10.2. The number of hydrogen-bond donors (Lipinski definition) is 2. The van der Waals surface area contributed by atoms with Gasteiger partial charge in [-0.2, -0.15) is 0 Å². The van der Waals surface area contributed by atoms with Crippen molar-refractivity contribution in [3.63, 3.8) is 0 Å². The van der Waals surface area contributed by atoms with E-state index < -0.39 is 0 Å². The normalized spacial score (nSPS) is 10.3. The third-order valence-electron chi connectivity index (χ3n) is 4.28. The van der Waals surface area contributed by atoms with Crippen LogP contribution in [0.2, 0.25) is 5.02 Å². The van der Waals surface area contributed by atoms with Gasteiger partial charge < -0.3 is 20.1 Å². The van der Waals surface area contributed by atoms with Crippen molar-refractivity contribution in [1.82, 2.24) is 0 Å². The Hall–Kier alpha value is -3.18. The second-order valence-corrected chi connectivity index (χ2v) is 6.93. The Balaban J connectivity index is 1.57. The van der Waals surface area contributed by atoms with E-state index in [9.17, 15) is 4.79 Å². The molecule has 0 saturated carbocycles. The topological polar surface area (TPSA) is 59.6 Å². The lowest BCUT2D eigenvalue weighted by molar-refractivity contribution is -0.118. The Morgan fingerprint density at radius 3 is 2.48 bits per heavy atom. The summed E-state index contributed by atoms with van der Waals surface area (Å²) in [4.78, 5) is 12.1. The fourth-order valence-corrected chi connectivity index (χ4v) is 2.89. The number of carbonyl (C=O) groups excluding carboxylic acids is 1. The molecule has 0 heterocycles. The molecular formula is C23H23ClN2O3. The van der Waals surface area contributed by atoms with Crippen LogP contribution in [0.3, 0.4) is 0 Å². The number of rotatable bonds is 8. The van der Waals surface area contributed by atoms with E-state index in [-0.39, 0.29) is 12.5 Å². The number of anilines is 2. The highest BCUT2D eigenvalue weighted by molar-refractivity contribution is 6.33. The molecule has 150 valence electrons. The Kier molecular flexibility index (Phi) is 6.98. The summed E-state index contributed by atoms with van der Waals surface area (Å²) in [5.41, 5.74) is 3.85. The zero-order valence-electron chi connectivity index (χ0n) is 16.4. The molecular weight excluding hydrogens is 388 g/mol. The molecule has 0 unspecified atom stereocenters. The summed E-state index contributed by atoms with van der Waals surface area (Å²) >= 11 is 6.05. The van der Waals surface area contributed by atoms with Crippen LogP contribution in [-0.2, 0) is 11.3 Å². The van der Waals surface area contributed by atoms with E-state index in [1.807, 2.05) is 24.3 Å². The highest BCUT2D eigenvalue weighted by atomic mass is 35.5. The molecule has 5 nitrogen and oxygen atoms in total. The fourth-order valence-electron chi connectivity index (χ4n) is 2.71. The molecule has 0 atom stereocenters. The molecule has 0 aliphatic rings. The Bertz CT molecular complexity index is 974. The van der Waals surface area contributed by atoms with Gasteiger partial charge in [-0.15, -0.1) is 0 Å².